The van der Waals surface area contributed by atoms with Crippen molar-refractivity contribution in [2.24, 2.45) is 0 Å². The van der Waals surface area contributed by atoms with Crippen LogP contribution < -0.4 is 10.6 Å². The molecule has 0 aliphatic carbocycles. The van der Waals surface area contributed by atoms with Crippen LogP contribution in [0.1, 0.15) is 33.5 Å². The Morgan fingerprint density at radius 2 is 1.96 bits per heavy atom. The summed E-state index contributed by atoms with van der Waals surface area (Å²) in [6, 6.07) is 3.60. The SMILES string of the molecule is Cc1nc(NCCNC(=O)c2cc(C)oc2C)cc(-n2ccnc2C)n1. The zero-order valence-corrected chi connectivity index (χ0v) is 15.3. The van der Waals surface area contributed by atoms with Crippen molar-refractivity contribution in [3.05, 3.63) is 53.3 Å². The number of carbonyl (C=O) groups excluding carboxylic acids is 1. The van der Waals surface area contributed by atoms with E-state index < -0.39 is 0 Å². The number of hydrogen-bond acceptors (Lipinski definition) is 6. The van der Waals surface area contributed by atoms with Crippen molar-refractivity contribution in [3.8, 4) is 5.82 Å². The standard InChI is InChI=1S/C18H22N6O2/c1-11-9-15(12(2)26-11)18(25)21-6-5-20-16-10-17(23-13(3)22-16)24-8-7-19-14(24)4/h7-10H,5-6H2,1-4H3,(H,21,25)(H,20,22,23). The fraction of sp³-hybridized carbons (Fsp3) is 0.333. The number of carbonyl (C=O) groups is 1. The molecule has 0 saturated carbocycles. The molecule has 3 heterocycles. The molecule has 0 atom stereocenters. The summed E-state index contributed by atoms with van der Waals surface area (Å²) in [6.07, 6.45) is 3.59. The van der Waals surface area contributed by atoms with E-state index in [1.807, 2.05) is 37.6 Å². The predicted molar refractivity (Wildman–Crippen MR) is 97.6 cm³/mol. The van der Waals surface area contributed by atoms with E-state index in [0.717, 1.165) is 17.4 Å². The van der Waals surface area contributed by atoms with Gasteiger partial charge in [-0.3, -0.25) is 9.36 Å². The molecule has 3 rings (SSSR count). The Labute approximate surface area is 151 Å². The second kappa shape index (κ2) is 7.38. The van der Waals surface area contributed by atoms with E-state index in [9.17, 15) is 4.79 Å². The molecule has 2 N–H and O–H groups in total. The lowest BCUT2D eigenvalue weighted by Crippen LogP contribution is -2.29. The minimum Gasteiger partial charge on any atom is -0.466 e. The molecular formula is C18H22N6O2. The monoisotopic (exact) mass is 354 g/mol. The van der Waals surface area contributed by atoms with Crippen LogP contribution in [0.15, 0.2) is 28.9 Å². The largest absolute Gasteiger partial charge is 0.466 e. The molecule has 3 aromatic rings. The quantitative estimate of drug-likeness (QED) is 0.659. The summed E-state index contributed by atoms with van der Waals surface area (Å²) in [7, 11) is 0. The van der Waals surface area contributed by atoms with E-state index in [1.165, 1.54) is 0 Å². The molecule has 136 valence electrons. The average Bonchev–Trinajstić information content (AvgIpc) is 3.16. The Balaban J connectivity index is 1.58. The first-order valence-corrected chi connectivity index (χ1v) is 8.39. The highest BCUT2D eigenvalue weighted by Crippen LogP contribution is 2.14. The van der Waals surface area contributed by atoms with Gasteiger partial charge in [-0.1, -0.05) is 0 Å². The van der Waals surface area contributed by atoms with E-state index in [2.05, 4.69) is 25.6 Å². The number of imidazole rings is 1. The van der Waals surface area contributed by atoms with Crippen molar-refractivity contribution in [1.29, 1.82) is 0 Å². The maximum atomic E-state index is 12.2. The lowest BCUT2D eigenvalue weighted by atomic mass is 10.2. The number of aryl methyl sites for hydroxylation is 4. The number of furan rings is 1. The molecular weight excluding hydrogens is 332 g/mol. The van der Waals surface area contributed by atoms with E-state index in [1.54, 1.807) is 19.2 Å². The molecule has 26 heavy (non-hydrogen) atoms. The summed E-state index contributed by atoms with van der Waals surface area (Å²) in [5.74, 6) is 4.17. The molecule has 0 aliphatic heterocycles. The van der Waals surface area contributed by atoms with Crippen molar-refractivity contribution in [2.45, 2.75) is 27.7 Å². The average molecular weight is 354 g/mol. The second-order valence-corrected chi connectivity index (χ2v) is 6.01. The maximum absolute atomic E-state index is 12.2. The third kappa shape index (κ3) is 3.90. The number of nitrogens with zero attached hydrogens (tertiary/aromatic N) is 4. The lowest BCUT2D eigenvalue weighted by Gasteiger charge is -2.10. The molecule has 0 fully saturated rings. The van der Waals surface area contributed by atoms with Crippen molar-refractivity contribution >= 4 is 11.7 Å². The molecule has 0 aliphatic rings. The van der Waals surface area contributed by atoms with Gasteiger partial charge in [0, 0.05) is 31.5 Å². The van der Waals surface area contributed by atoms with Crippen LogP contribution in [0.5, 0.6) is 0 Å². The van der Waals surface area contributed by atoms with Gasteiger partial charge in [-0.25, -0.2) is 15.0 Å². The summed E-state index contributed by atoms with van der Waals surface area (Å²) >= 11 is 0. The molecule has 8 heteroatoms. The molecule has 0 spiro atoms. The van der Waals surface area contributed by atoms with Crippen LogP contribution in [0, 0.1) is 27.7 Å². The number of amides is 1. The Bertz CT molecular complexity index is 928. The van der Waals surface area contributed by atoms with Crippen molar-refractivity contribution in [3.63, 3.8) is 0 Å². The number of nitrogens with one attached hydrogen (secondary N) is 2. The van der Waals surface area contributed by atoms with Crippen LogP contribution in [-0.2, 0) is 0 Å². The zero-order chi connectivity index (χ0) is 18.7. The predicted octanol–water partition coefficient (Wildman–Crippen LogP) is 2.33. The highest BCUT2D eigenvalue weighted by molar-refractivity contribution is 5.95. The fourth-order valence-electron chi connectivity index (χ4n) is 2.70. The second-order valence-electron chi connectivity index (χ2n) is 6.01. The molecule has 0 radical (unpaired) electrons. The summed E-state index contributed by atoms with van der Waals surface area (Å²) in [4.78, 5) is 25.2. The molecule has 1 amide bonds. The first-order chi connectivity index (χ1) is 12.4. The van der Waals surface area contributed by atoms with E-state index in [4.69, 9.17) is 4.42 Å². The van der Waals surface area contributed by atoms with Gasteiger partial charge >= 0.3 is 0 Å². The molecule has 3 aromatic heterocycles. The summed E-state index contributed by atoms with van der Waals surface area (Å²) in [6.45, 7) is 8.36. The van der Waals surface area contributed by atoms with Gasteiger partial charge in [0.1, 0.15) is 34.8 Å². The first-order valence-electron chi connectivity index (χ1n) is 8.39. The highest BCUT2D eigenvalue weighted by atomic mass is 16.3. The van der Waals surface area contributed by atoms with Gasteiger partial charge in [-0.15, -0.1) is 0 Å². The van der Waals surface area contributed by atoms with Gasteiger partial charge < -0.3 is 15.1 Å². The van der Waals surface area contributed by atoms with Gasteiger partial charge in [-0.2, -0.15) is 0 Å². The molecule has 8 nitrogen and oxygen atoms in total. The number of rotatable bonds is 6. The Morgan fingerprint density at radius 3 is 2.62 bits per heavy atom. The normalized spacial score (nSPS) is 10.8. The van der Waals surface area contributed by atoms with Crippen LogP contribution in [0.3, 0.4) is 0 Å². The lowest BCUT2D eigenvalue weighted by molar-refractivity contribution is 0.0953. The zero-order valence-electron chi connectivity index (χ0n) is 15.3. The number of anilines is 1. The fourth-order valence-corrected chi connectivity index (χ4v) is 2.70. The minimum atomic E-state index is -0.144. The minimum absolute atomic E-state index is 0.144. The van der Waals surface area contributed by atoms with Crippen LogP contribution in [-0.4, -0.2) is 38.5 Å². The first kappa shape index (κ1) is 17.7. The van der Waals surface area contributed by atoms with Gasteiger partial charge in [0.2, 0.25) is 0 Å². The van der Waals surface area contributed by atoms with Crippen LogP contribution >= 0.6 is 0 Å². The summed E-state index contributed by atoms with van der Waals surface area (Å²) < 4.78 is 7.28. The van der Waals surface area contributed by atoms with Crippen molar-refractivity contribution in [1.82, 2.24) is 24.8 Å². The molecule has 0 bridgehead atoms. The topological polar surface area (TPSA) is 97.9 Å². The van der Waals surface area contributed by atoms with Crippen molar-refractivity contribution in [2.75, 3.05) is 18.4 Å². The highest BCUT2D eigenvalue weighted by Gasteiger charge is 2.12. The van der Waals surface area contributed by atoms with Gasteiger partial charge in [0.25, 0.3) is 5.91 Å². The Kier molecular flexibility index (Phi) is 5.01. The Hall–Kier alpha value is -3.16. The molecule has 0 saturated heterocycles. The molecule has 0 unspecified atom stereocenters. The van der Waals surface area contributed by atoms with Crippen LogP contribution in [0.25, 0.3) is 5.82 Å². The summed E-state index contributed by atoms with van der Waals surface area (Å²) in [5, 5.41) is 6.08. The maximum Gasteiger partial charge on any atom is 0.254 e. The van der Waals surface area contributed by atoms with E-state index in [-0.39, 0.29) is 5.91 Å². The molecule has 0 aromatic carbocycles. The van der Waals surface area contributed by atoms with Crippen LogP contribution in [0.4, 0.5) is 5.82 Å². The summed E-state index contributed by atoms with van der Waals surface area (Å²) in [5.41, 5.74) is 0.568. The number of aromatic nitrogens is 4. The van der Waals surface area contributed by atoms with Crippen LogP contribution in [0.2, 0.25) is 0 Å². The van der Waals surface area contributed by atoms with Gasteiger partial charge in [-0.05, 0) is 33.8 Å². The van der Waals surface area contributed by atoms with E-state index in [0.29, 0.717) is 36.1 Å². The Morgan fingerprint density at radius 1 is 1.15 bits per heavy atom. The van der Waals surface area contributed by atoms with E-state index >= 15 is 0 Å². The van der Waals surface area contributed by atoms with Crippen molar-refractivity contribution < 1.29 is 9.21 Å². The van der Waals surface area contributed by atoms with Gasteiger partial charge in [0.15, 0.2) is 0 Å². The number of hydrogen-bond donors (Lipinski definition) is 2. The smallest absolute Gasteiger partial charge is 0.254 e. The third-order valence-electron chi connectivity index (χ3n) is 3.90. The third-order valence-corrected chi connectivity index (χ3v) is 3.90. The van der Waals surface area contributed by atoms with Gasteiger partial charge in [0.05, 0.1) is 5.56 Å².